The average Bonchev–Trinajstić information content (AvgIpc) is 2.28. The molecule has 100 valence electrons. The van der Waals surface area contributed by atoms with E-state index in [-0.39, 0.29) is 19.6 Å². The number of nitrogens with zero attached hydrogens (tertiary/aromatic N) is 1. The van der Waals surface area contributed by atoms with E-state index in [9.17, 15) is 22.9 Å². The van der Waals surface area contributed by atoms with Crippen molar-refractivity contribution >= 4 is 15.7 Å². The van der Waals surface area contributed by atoms with Gasteiger partial charge in [0.25, 0.3) is 0 Å². The second-order valence-electron chi connectivity index (χ2n) is 3.35. The maximum Gasteiger partial charge on any atom is 0.304 e. The Hall–Kier alpha value is -1.58. The zero-order valence-corrected chi connectivity index (χ0v) is 9.98. The molecule has 0 saturated carbocycles. The SMILES string of the molecule is O=[N+]([O-])c1ccc(S(=O)(=O)NCCCO)cc1F. The largest absolute Gasteiger partial charge is 0.396 e. The number of halogens is 1. The van der Waals surface area contributed by atoms with Gasteiger partial charge in [-0.2, -0.15) is 4.39 Å². The topological polar surface area (TPSA) is 110 Å². The van der Waals surface area contributed by atoms with Crippen LogP contribution in [-0.4, -0.2) is 31.6 Å². The average molecular weight is 278 g/mol. The second kappa shape index (κ2) is 5.85. The van der Waals surface area contributed by atoms with Crippen molar-refractivity contribution in [3.05, 3.63) is 34.1 Å². The first-order chi connectivity index (χ1) is 8.38. The number of benzene rings is 1. The van der Waals surface area contributed by atoms with Crippen LogP contribution in [0.25, 0.3) is 0 Å². The van der Waals surface area contributed by atoms with Gasteiger partial charge in [-0.15, -0.1) is 0 Å². The zero-order chi connectivity index (χ0) is 13.8. The van der Waals surface area contributed by atoms with Crippen molar-refractivity contribution in [2.45, 2.75) is 11.3 Å². The third kappa shape index (κ3) is 3.45. The van der Waals surface area contributed by atoms with Crippen LogP contribution in [0.1, 0.15) is 6.42 Å². The highest BCUT2D eigenvalue weighted by molar-refractivity contribution is 7.89. The van der Waals surface area contributed by atoms with Crippen LogP contribution in [0.15, 0.2) is 23.1 Å². The lowest BCUT2D eigenvalue weighted by Crippen LogP contribution is -2.25. The Balaban J connectivity index is 2.97. The molecule has 0 aliphatic carbocycles. The summed E-state index contributed by atoms with van der Waals surface area (Å²) in [5, 5.41) is 18.9. The molecular weight excluding hydrogens is 267 g/mol. The first-order valence-electron chi connectivity index (χ1n) is 4.93. The number of nitro groups is 1. The first-order valence-corrected chi connectivity index (χ1v) is 6.41. The summed E-state index contributed by atoms with van der Waals surface area (Å²) in [4.78, 5) is 9.03. The number of aliphatic hydroxyl groups excluding tert-OH is 1. The van der Waals surface area contributed by atoms with E-state index >= 15 is 0 Å². The van der Waals surface area contributed by atoms with E-state index in [1.807, 2.05) is 0 Å². The van der Waals surface area contributed by atoms with E-state index < -0.39 is 31.3 Å². The second-order valence-corrected chi connectivity index (χ2v) is 5.11. The summed E-state index contributed by atoms with van der Waals surface area (Å²) in [5.74, 6) is -1.22. The van der Waals surface area contributed by atoms with Gasteiger partial charge in [0.1, 0.15) is 0 Å². The van der Waals surface area contributed by atoms with E-state index in [0.29, 0.717) is 6.07 Å². The van der Waals surface area contributed by atoms with Gasteiger partial charge in [-0.3, -0.25) is 10.1 Å². The molecule has 0 saturated heterocycles. The molecule has 0 aliphatic rings. The molecule has 0 heterocycles. The van der Waals surface area contributed by atoms with Crippen LogP contribution in [-0.2, 0) is 10.0 Å². The Kier molecular flexibility index (Phi) is 4.70. The number of nitrogens with one attached hydrogen (secondary N) is 1. The van der Waals surface area contributed by atoms with Gasteiger partial charge < -0.3 is 5.11 Å². The fraction of sp³-hybridized carbons (Fsp3) is 0.333. The minimum atomic E-state index is -3.92. The van der Waals surface area contributed by atoms with Crippen molar-refractivity contribution in [2.75, 3.05) is 13.2 Å². The summed E-state index contributed by atoms with van der Waals surface area (Å²) in [6.07, 6.45) is 0.217. The van der Waals surface area contributed by atoms with Crippen LogP contribution in [0.4, 0.5) is 10.1 Å². The minimum absolute atomic E-state index is 0.00254. The summed E-state index contributed by atoms with van der Waals surface area (Å²) in [6.45, 7) is -0.186. The van der Waals surface area contributed by atoms with Crippen LogP contribution in [0.5, 0.6) is 0 Å². The van der Waals surface area contributed by atoms with Crippen LogP contribution >= 0.6 is 0 Å². The van der Waals surface area contributed by atoms with Gasteiger partial charge in [0.2, 0.25) is 15.8 Å². The maximum atomic E-state index is 13.2. The highest BCUT2D eigenvalue weighted by Crippen LogP contribution is 2.20. The normalized spacial score (nSPS) is 11.4. The van der Waals surface area contributed by atoms with Crippen molar-refractivity contribution < 1.29 is 22.8 Å². The predicted octanol–water partition coefficient (Wildman–Crippen LogP) is 0.395. The summed E-state index contributed by atoms with van der Waals surface area (Å²) in [7, 11) is -3.92. The summed E-state index contributed by atoms with van der Waals surface area (Å²) in [5.41, 5.74) is -0.788. The number of hydrogen-bond acceptors (Lipinski definition) is 5. The monoisotopic (exact) mass is 278 g/mol. The lowest BCUT2D eigenvalue weighted by molar-refractivity contribution is -0.387. The van der Waals surface area contributed by atoms with E-state index in [1.165, 1.54) is 0 Å². The molecule has 0 spiro atoms. The number of sulfonamides is 1. The van der Waals surface area contributed by atoms with Crippen molar-refractivity contribution in [1.29, 1.82) is 0 Å². The number of nitro benzene ring substituents is 1. The van der Waals surface area contributed by atoms with Gasteiger partial charge in [-0.05, 0) is 12.5 Å². The smallest absolute Gasteiger partial charge is 0.304 e. The zero-order valence-electron chi connectivity index (χ0n) is 9.17. The standard InChI is InChI=1S/C9H11FN2O5S/c10-8-6-7(2-3-9(8)12(14)15)18(16,17)11-4-1-5-13/h2-3,6,11,13H,1,4-5H2. The molecule has 0 bridgehead atoms. The van der Waals surface area contributed by atoms with Crippen LogP contribution < -0.4 is 4.72 Å². The van der Waals surface area contributed by atoms with Gasteiger partial charge in [-0.1, -0.05) is 0 Å². The van der Waals surface area contributed by atoms with E-state index in [1.54, 1.807) is 0 Å². The van der Waals surface area contributed by atoms with E-state index in [4.69, 9.17) is 5.11 Å². The minimum Gasteiger partial charge on any atom is -0.396 e. The molecule has 0 aliphatic heterocycles. The Morgan fingerprint density at radius 3 is 2.61 bits per heavy atom. The lowest BCUT2D eigenvalue weighted by atomic mass is 10.3. The van der Waals surface area contributed by atoms with Gasteiger partial charge >= 0.3 is 5.69 Å². The van der Waals surface area contributed by atoms with Crippen molar-refractivity contribution in [1.82, 2.24) is 4.72 Å². The molecule has 9 heteroatoms. The Morgan fingerprint density at radius 2 is 2.11 bits per heavy atom. The van der Waals surface area contributed by atoms with Gasteiger partial charge in [-0.25, -0.2) is 13.1 Å². The molecule has 0 amide bonds. The summed E-state index contributed by atoms with van der Waals surface area (Å²) < 4.78 is 38.6. The van der Waals surface area contributed by atoms with Gasteiger partial charge in [0.15, 0.2) is 0 Å². The molecule has 1 rings (SSSR count). The Labute approximate surface area is 102 Å². The molecule has 1 aromatic carbocycles. The predicted molar refractivity (Wildman–Crippen MR) is 59.9 cm³/mol. The molecule has 0 fully saturated rings. The quantitative estimate of drug-likeness (QED) is 0.444. The highest BCUT2D eigenvalue weighted by atomic mass is 32.2. The molecule has 1 aromatic rings. The van der Waals surface area contributed by atoms with Crippen molar-refractivity contribution in [3.8, 4) is 0 Å². The van der Waals surface area contributed by atoms with Crippen molar-refractivity contribution in [2.24, 2.45) is 0 Å². The first kappa shape index (κ1) is 14.5. The fourth-order valence-electron chi connectivity index (χ4n) is 1.17. The molecule has 0 radical (unpaired) electrons. The maximum absolute atomic E-state index is 13.2. The number of hydrogen-bond donors (Lipinski definition) is 2. The summed E-state index contributed by atoms with van der Waals surface area (Å²) in [6, 6.07) is 2.32. The van der Waals surface area contributed by atoms with Crippen LogP contribution in [0.3, 0.4) is 0 Å². The Bertz CT molecular complexity index is 546. The molecule has 7 nitrogen and oxygen atoms in total. The molecular formula is C9H11FN2O5S. The van der Waals surface area contributed by atoms with Crippen molar-refractivity contribution in [3.63, 3.8) is 0 Å². The lowest BCUT2D eigenvalue weighted by Gasteiger charge is -2.05. The summed E-state index contributed by atoms with van der Waals surface area (Å²) >= 11 is 0. The van der Waals surface area contributed by atoms with E-state index in [0.717, 1.165) is 12.1 Å². The van der Waals surface area contributed by atoms with Gasteiger partial charge in [0, 0.05) is 25.3 Å². The van der Waals surface area contributed by atoms with E-state index in [2.05, 4.69) is 4.72 Å². The molecule has 2 N–H and O–H groups in total. The number of rotatable bonds is 6. The number of aliphatic hydroxyl groups is 1. The highest BCUT2D eigenvalue weighted by Gasteiger charge is 2.20. The third-order valence-corrected chi connectivity index (χ3v) is 3.51. The van der Waals surface area contributed by atoms with Crippen LogP contribution in [0.2, 0.25) is 0 Å². The van der Waals surface area contributed by atoms with Gasteiger partial charge in [0.05, 0.1) is 9.82 Å². The fourth-order valence-corrected chi connectivity index (χ4v) is 2.26. The van der Waals surface area contributed by atoms with Crippen LogP contribution in [0, 0.1) is 15.9 Å². The molecule has 0 aromatic heterocycles. The molecule has 18 heavy (non-hydrogen) atoms. The molecule has 0 atom stereocenters. The third-order valence-electron chi connectivity index (χ3n) is 2.05. The Morgan fingerprint density at radius 1 is 1.44 bits per heavy atom. The molecule has 0 unspecified atom stereocenters.